The minimum absolute atomic E-state index is 0.287. The molecule has 0 fully saturated rings. The van der Waals surface area contributed by atoms with Gasteiger partial charge < -0.3 is 14.8 Å². The van der Waals surface area contributed by atoms with Gasteiger partial charge in [-0.15, -0.1) is 0 Å². The maximum Gasteiger partial charge on any atom is 0.159 e. The van der Waals surface area contributed by atoms with E-state index in [1.807, 2.05) is 36.0 Å². The number of aromatic nitrogens is 1. The van der Waals surface area contributed by atoms with Crippen LogP contribution in [0.2, 0.25) is 0 Å². The van der Waals surface area contributed by atoms with Gasteiger partial charge in [0.2, 0.25) is 0 Å². The van der Waals surface area contributed by atoms with Crippen LogP contribution in [0.1, 0.15) is 22.9 Å². The summed E-state index contributed by atoms with van der Waals surface area (Å²) < 4.78 is 2.46. The summed E-state index contributed by atoms with van der Waals surface area (Å²) in [4.78, 5) is 15.1. The van der Waals surface area contributed by atoms with Gasteiger partial charge in [-0.25, -0.2) is 9.98 Å². The average molecular weight is 800 g/mol. The first-order valence-electron chi connectivity index (χ1n) is 20.6. The van der Waals surface area contributed by atoms with Crippen LogP contribution in [-0.2, 0) is 0 Å². The lowest BCUT2D eigenvalue weighted by Gasteiger charge is -2.33. The molecular formula is C55H37N5S. The van der Waals surface area contributed by atoms with Gasteiger partial charge in [0.1, 0.15) is 12.0 Å². The molecule has 0 amide bonds. The van der Waals surface area contributed by atoms with Crippen LogP contribution in [0.25, 0.3) is 49.4 Å². The van der Waals surface area contributed by atoms with Crippen LogP contribution in [0.3, 0.4) is 0 Å². The highest BCUT2D eigenvalue weighted by Crippen LogP contribution is 2.52. The first kappa shape index (κ1) is 35.3. The first-order valence-corrected chi connectivity index (χ1v) is 21.4. The summed E-state index contributed by atoms with van der Waals surface area (Å²) in [7, 11) is 0. The van der Waals surface area contributed by atoms with Crippen molar-refractivity contribution >= 4 is 73.1 Å². The molecular weight excluding hydrogens is 763 g/mol. The van der Waals surface area contributed by atoms with Crippen LogP contribution in [0.5, 0.6) is 0 Å². The van der Waals surface area contributed by atoms with E-state index < -0.39 is 0 Å². The second-order valence-electron chi connectivity index (χ2n) is 15.4. The molecule has 61 heavy (non-hydrogen) atoms. The van der Waals surface area contributed by atoms with E-state index in [1.54, 1.807) is 0 Å². The maximum atomic E-state index is 5.18. The Balaban J connectivity index is 1.05. The molecule has 0 saturated heterocycles. The number of para-hydroxylation sites is 3. The summed E-state index contributed by atoms with van der Waals surface area (Å²) in [5, 5.41) is 8.61. The lowest BCUT2D eigenvalue weighted by Crippen LogP contribution is -2.33. The molecule has 10 aromatic rings. The van der Waals surface area contributed by atoms with Crippen molar-refractivity contribution in [3.05, 3.63) is 229 Å². The van der Waals surface area contributed by atoms with Gasteiger partial charge in [0.25, 0.3) is 0 Å². The third-order valence-electron chi connectivity index (χ3n) is 11.8. The highest BCUT2D eigenvalue weighted by atomic mass is 32.2. The normalized spacial score (nSPS) is 14.6. The summed E-state index contributed by atoms with van der Waals surface area (Å²) in [6.45, 7) is 0. The predicted octanol–water partition coefficient (Wildman–Crippen LogP) is 14.0. The van der Waals surface area contributed by atoms with E-state index in [4.69, 9.17) is 9.98 Å². The van der Waals surface area contributed by atoms with Gasteiger partial charge in [-0.05, 0) is 76.5 Å². The topological polar surface area (TPSA) is 44.9 Å². The number of amidine groups is 2. The van der Waals surface area contributed by atoms with Gasteiger partial charge in [0.15, 0.2) is 5.84 Å². The number of benzene rings is 9. The third-order valence-corrected chi connectivity index (χ3v) is 12.9. The van der Waals surface area contributed by atoms with E-state index >= 15 is 0 Å². The number of hydrogen-bond acceptors (Lipinski definition) is 5. The molecule has 288 valence electrons. The average Bonchev–Trinajstić information content (AvgIpc) is 3.69. The number of fused-ring (bicyclic) bond motifs is 7. The van der Waals surface area contributed by atoms with Gasteiger partial charge in [-0.3, -0.25) is 0 Å². The minimum Gasteiger partial charge on any atom is -0.344 e. The minimum atomic E-state index is -0.287. The van der Waals surface area contributed by atoms with Gasteiger partial charge in [0.05, 0.1) is 22.4 Å². The molecule has 3 heterocycles. The molecule has 1 unspecified atom stereocenters. The Morgan fingerprint density at radius 2 is 1.18 bits per heavy atom. The molecule has 12 rings (SSSR count). The Morgan fingerprint density at radius 1 is 0.492 bits per heavy atom. The van der Waals surface area contributed by atoms with Crippen LogP contribution in [0, 0.1) is 0 Å². The van der Waals surface area contributed by atoms with E-state index in [0.717, 1.165) is 39.4 Å². The van der Waals surface area contributed by atoms with Crippen molar-refractivity contribution in [1.82, 2.24) is 9.88 Å². The monoisotopic (exact) mass is 799 g/mol. The van der Waals surface area contributed by atoms with E-state index in [9.17, 15) is 0 Å². The summed E-state index contributed by atoms with van der Waals surface area (Å²) >= 11 is 1.84. The predicted molar refractivity (Wildman–Crippen MR) is 254 cm³/mol. The first-order chi connectivity index (χ1) is 30.2. The largest absolute Gasteiger partial charge is 0.344 e. The van der Waals surface area contributed by atoms with Crippen molar-refractivity contribution in [2.45, 2.75) is 16.0 Å². The van der Waals surface area contributed by atoms with E-state index in [0.29, 0.717) is 5.84 Å². The zero-order chi connectivity index (χ0) is 40.3. The van der Waals surface area contributed by atoms with E-state index in [1.165, 1.54) is 59.4 Å². The molecule has 0 radical (unpaired) electrons. The fourth-order valence-corrected chi connectivity index (χ4v) is 10.1. The molecule has 9 aromatic carbocycles. The smallest absolute Gasteiger partial charge is 0.159 e. The number of rotatable bonds is 6. The molecule has 2 aliphatic heterocycles. The Labute approximate surface area is 358 Å². The van der Waals surface area contributed by atoms with E-state index in [2.05, 4.69) is 203 Å². The Kier molecular flexibility index (Phi) is 8.42. The molecule has 2 aliphatic rings. The second kappa shape index (κ2) is 14.6. The fraction of sp³-hybridized carbons (Fsp3) is 0.0182. The van der Waals surface area contributed by atoms with Crippen LogP contribution in [-0.4, -0.2) is 16.2 Å². The van der Waals surface area contributed by atoms with Crippen molar-refractivity contribution in [3.8, 4) is 16.8 Å². The molecule has 1 N–H and O–H groups in total. The molecule has 6 heteroatoms. The number of nitrogens with one attached hydrogen (secondary N) is 1. The molecule has 0 spiro atoms. The Bertz CT molecular complexity index is 3370. The maximum absolute atomic E-state index is 5.18. The Morgan fingerprint density at radius 3 is 2.05 bits per heavy atom. The number of hydrogen-bond donors (Lipinski definition) is 1. The fourth-order valence-electron chi connectivity index (χ4n) is 9.03. The Hall–Kier alpha value is -7.67. The highest BCUT2D eigenvalue weighted by Gasteiger charge is 2.27. The van der Waals surface area contributed by atoms with Gasteiger partial charge in [0, 0.05) is 48.6 Å². The molecule has 5 nitrogen and oxygen atoms in total. The van der Waals surface area contributed by atoms with Crippen molar-refractivity contribution in [3.63, 3.8) is 0 Å². The molecule has 0 saturated carbocycles. The van der Waals surface area contributed by atoms with Gasteiger partial charge in [-0.2, -0.15) is 0 Å². The summed E-state index contributed by atoms with van der Waals surface area (Å²) in [6, 6.07) is 75.8. The second-order valence-corrected chi connectivity index (χ2v) is 16.5. The summed E-state index contributed by atoms with van der Waals surface area (Å²) in [5.74, 6) is 1.49. The van der Waals surface area contributed by atoms with Crippen LogP contribution < -0.4 is 10.2 Å². The molecule has 0 bridgehead atoms. The lowest BCUT2D eigenvalue weighted by atomic mass is 9.99. The SMILES string of the molecule is c1ccc(C2=NC(c3ccccc3)NC(c3cccc(-n4c5ccc6ccccc6c5c5cccc(-c6ccc7c(c6)Sc6ccccc6N7c6ccccc6)c54)c3)=N2)cc1. The third kappa shape index (κ3) is 6.02. The molecule has 1 atom stereocenters. The van der Waals surface area contributed by atoms with E-state index in [-0.39, 0.29) is 6.17 Å². The van der Waals surface area contributed by atoms with Crippen molar-refractivity contribution in [2.24, 2.45) is 9.98 Å². The standard InChI is InChI=1S/C55H37N5S/c1-4-17-37(18-5-1)53-56-54(38-19-6-2-7-20-38)58-55(57-53)40-21-14-24-42(34-40)60-48-33-30-36-16-10-11-25-43(36)51(48)45-27-15-26-44(52(45)60)39-31-32-47-50(35-39)61-49-29-13-12-28-46(49)59(47)41-22-8-3-9-23-41/h1-35,53H,(H,56,57,58). The van der Waals surface area contributed by atoms with Crippen molar-refractivity contribution in [1.29, 1.82) is 0 Å². The van der Waals surface area contributed by atoms with Crippen LogP contribution in [0.15, 0.2) is 232 Å². The van der Waals surface area contributed by atoms with Crippen LogP contribution in [0.4, 0.5) is 17.1 Å². The highest BCUT2D eigenvalue weighted by molar-refractivity contribution is 7.99. The van der Waals surface area contributed by atoms with Crippen molar-refractivity contribution < 1.29 is 0 Å². The quantitative estimate of drug-likeness (QED) is 0.182. The van der Waals surface area contributed by atoms with Gasteiger partial charge in [-0.1, -0.05) is 169 Å². The van der Waals surface area contributed by atoms with Gasteiger partial charge >= 0.3 is 0 Å². The number of aliphatic imine (C=N–C) groups is 2. The summed E-state index contributed by atoms with van der Waals surface area (Å²) in [5.41, 5.74) is 12.3. The lowest BCUT2D eigenvalue weighted by molar-refractivity contribution is 0.674. The molecule has 0 aliphatic carbocycles. The zero-order valence-corrected chi connectivity index (χ0v) is 33.8. The number of nitrogens with zero attached hydrogens (tertiary/aromatic N) is 4. The molecule has 1 aromatic heterocycles. The van der Waals surface area contributed by atoms with Crippen molar-refractivity contribution in [2.75, 3.05) is 4.90 Å². The number of anilines is 3. The summed E-state index contributed by atoms with van der Waals surface area (Å²) in [6.07, 6.45) is -0.287. The zero-order valence-electron chi connectivity index (χ0n) is 33.0. The van der Waals surface area contributed by atoms with Crippen LogP contribution >= 0.6 is 11.8 Å².